The molecule has 0 fully saturated rings. The molecule has 2 N–H and O–H groups in total. The van der Waals surface area contributed by atoms with Crippen LogP contribution in [0.25, 0.3) is 0 Å². The molecule has 1 aliphatic heterocycles. The Hall–Kier alpha value is -0.930. The zero-order valence-corrected chi connectivity index (χ0v) is 6.92. The molecule has 1 aromatic rings. The van der Waals surface area contributed by atoms with Crippen molar-refractivity contribution in [2.45, 2.75) is 19.6 Å². The van der Waals surface area contributed by atoms with E-state index in [2.05, 4.69) is 11.1 Å². The average Bonchev–Trinajstić information content (AvgIpc) is 2.17. The summed E-state index contributed by atoms with van der Waals surface area (Å²) in [6, 6.07) is 2.08. The fourth-order valence-electron chi connectivity index (χ4n) is 1.40. The van der Waals surface area contributed by atoms with Gasteiger partial charge < -0.3 is 10.5 Å². The standard InChI is InChI=1S/C9H12N2O/c10-4-7-3-8-6-12-2-1-9(8)11-5-7/h3,5H,1-2,4,6,10H2. The predicted octanol–water partition coefficient (Wildman–Crippen LogP) is 0.613. The van der Waals surface area contributed by atoms with Crippen molar-refractivity contribution in [2.24, 2.45) is 5.73 Å². The van der Waals surface area contributed by atoms with E-state index in [1.807, 2.05) is 6.20 Å². The van der Waals surface area contributed by atoms with Crippen LogP contribution in [0.1, 0.15) is 16.8 Å². The SMILES string of the molecule is NCc1cnc2c(c1)COCC2. The maximum absolute atomic E-state index is 5.50. The van der Waals surface area contributed by atoms with Crippen LogP contribution in [0.3, 0.4) is 0 Å². The lowest BCUT2D eigenvalue weighted by Gasteiger charge is -2.15. The van der Waals surface area contributed by atoms with E-state index in [-0.39, 0.29) is 0 Å². The Balaban J connectivity index is 2.36. The van der Waals surface area contributed by atoms with Crippen LogP contribution in [0.4, 0.5) is 0 Å². The number of fused-ring (bicyclic) bond motifs is 1. The second-order valence-electron chi connectivity index (χ2n) is 2.96. The molecule has 0 aliphatic carbocycles. The molecule has 0 bridgehead atoms. The van der Waals surface area contributed by atoms with Crippen molar-refractivity contribution in [3.63, 3.8) is 0 Å². The van der Waals surface area contributed by atoms with Gasteiger partial charge in [0.05, 0.1) is 13.2 Å². The second-order valence-corrected chi connectivity index (χ2v) is 2.96. The van der Waals surface area contributed by atoms with E-state index in [0.717, 1.165) is 18.6 Å². The molecule has 0 spiro atoms. The first-order chi connectivity index (χ1) is 5.90. The van der Waals surface area contributed by atoms with Crippen LogP contribution < -0.4 is 5.73 Å². The molecule has 2 rings (SSSR count). The van der Waals surface area contributed by atoms with Gasteiger partial charge in [0.2, 0.25) is 0 Å². The highest BCUT2D eigenvalue weighted by atomic mass is 16.5. The first kappa shape index (κ1) is 7.71. The van der Waals surface area contributed by atoms with Crippen LogP contribution in [0.15, 0.2) is 12.3 Å². The zero-order valence-electron chi connectivity index (χ0n) is 6.92. The maximum Gasteiger partial charge on any atom is 0.0734 e. The van der Waals surface area contributed by atoms with Crippen molar-refractivity contribution in [3.05, 3.63) is 29.1 Å². The molecule has 2 heterocycles. The molecule has 1 aliphatic rings. The Kier molecular flexibility index (Phi) is 2.06. The van der Waals surface area contributed by atoms with Crippen LogP contribution in [-0.2, 0) is 24.3 Å². The molecule has 0 saturated carbocycles. The lowest BCUT2D eigenvalue weighted by molar-refractivity contribution is 0.109. The molecule has 0 saturated heterocycles. The first-order valence-corrected chi connectivity index (χ1v) is 4.14. The minimum absolute atomic E-state index is 0.556. The van der Waals surface area contributed by atoms with E-state index >= 15 is 0 Å². The van der Waals surface area contributed by atoms with Gasteiger partial charge in [-0.25, -0.2) is 0 Å². The molecule has 12 heavy (non-hydrogen) atoms. The fraction of sp³-hybridized carbons (Fsp3) is 0.444. The Morgan fingerprint density at radius 3 is 3.33 bits per heavy atom. The minimum atomic E-state index is 0.556. The summed E-state index contributed by atoms with van der Waals surface area (Å²) in [7, 11) is 0. The summed E-state index contributed by atoms with van der Waals surface area (Å²) in [5.74, 6) is 0. The van der Waals surface area contributed by atoms with Gasteiger partial charge in [-0.05, 0) is 17.2 Å². The number of aromatic nitrogens is 1. The van der Waals surface area contributed by atoms with Gasteiger partial charge >= 0.3 is 0 Å². The molecular weight excluding hydrogens is 152 g/mol. The summed E-state index contributed by atoms with van der Waals surface area (Å²) in [6.45, 7) is 2.04. The molecule has 0 aromatic carbocycles. The van der Waals surface area contributed by atoms with E-state index in [1.54, 1.807) is 0 Å². The van der Waals surface area contributed by atoms with E-state index in [1.165, 1.54) is 11.3 Å². The van der Waals surface area contributed by atoms with Crippen LogP contribution in [-0.4, -0.2) is 11.6 Å². The summed E-state index contributed by atoms with van der Waals surface area (Å²) in [5.41, 5.74) is 8.95. The minimum Gasteiger partial charge on any atom is -0.376 e. The smallest absolute Gasteiger partial charge is 0.0734 e. The second kappa shape index (κ2) is 3.21. The van der Waals surface area contributed by atoms with Gasteiger partial charge in [0.15, 0.2) is 0 Å². The number of hydrogen-bond donors (Lipinski definition) is 1. The maximum atomic E-state index is 5.50. The number of rotatable bonds is 1. The third-order valence-corrected chi connectivity index (χ3v) is 2.09. The van der Waals surface area contributed by atoms with Gasteiger partial charge in [-0.15, -0.1) is 0 Å². The number of nitrogens with two attached hydrogens (primary N) is 1. The molecule has 0 amide bonds. The molecule has 0 atom stereocenters. The summed E-state index contributed by atoms with van der Waals surface area (Å²) in [6.07, 6.45) is 2.78. The molecule has 1 aromatic heterocycles. The number of ether oxygens (including phenoxy) is 1. The Bertz CT molecular complexity index is 286. The van der Waals surface area contributed by atoms with Crippen LogP contribution >= 0.6 is 0 Å². The number of hydrogen-bond acceptors (Lipinski definition) is 3. The van der Waals surface area contributed by atoms with Crippen molar-refractivity contribution in [1.82, 2.24) is 4.98 Å². The number of nitrogens with zero attached hydrogens (tertiary/aromatic N) is 1. The van der Waals surface area contributed by atoms with Crippen LogP contribution in [0.5, 0.6) is 0 Å². The third-order valence-electron chi connectivity index (χ3n) is 2.09. The van der Waals surface area contributed by atoms with Gasteiger partial charge in [-0.3, -0.25) is 4.98 Å². The lowest BCUT2D eigenvalue weighted by atomic mass is 10.1. The fourth-order valence-corrected chi connectivity index (χ4v) is 1.40. The molecule has 3 heteroatoms. The lowest BCUT2D eigenvalue weighted by Crippen LogP contribution is -2.12. The van der Waals surface area contributed by atoms with Gasteiger partial charge in [0.25, 0.3) is 0 Å². The third kappa shape index (κ3) is 1.33. The highest BCUT2D eigenvalue weighted by Crippen LogP contribution is 2.15. The molecule has 0 radical (unpaired) electrons. The summed E-state index contributed by atoms with van der Waals surface area (Å²) in [5, 5.41) is 0. The van der Waals surface area contributed by atoms with Gasteiger partial charge in [-0.2, -0.15) is 0 Å². The van der Waals surface area contributed by atoms with Crippen molar-refractivity contribution in [2.75, 3.05) is 6.61 Å². The van der Waals surface area contributed by atoms with E-state index in [4.69, 9.17) is 10.5 Å². The Labute approximate surface area is 71.6 Å². The van der Waals surface area contributed by atoms with Crippen LogP contribution in [0.2, 0.25) is 0 Å². The van der Waals surface area contributed by atoms with E-state index in [9.17, 15) is 0 Å². The van der Waals surface area contributed by atoms with E-state index < -0.39 is 0 Å². The Morgan fingerprint density at radius 2 is 2.50 bits per heavy atom. The summed E-state index contributed by atoms with van der Waals surface area (Å²) >= 11 is 0. The van der Waals surface area contributed by atoms with Gasteiger partial charge in [0, 0.05) is 24.9 Å². The Morgan fingerprint density at radius 1 is 1.58 bits per heavy atom. The highest BCUT2D eigenvalue weighted by molar-refractivity contribution is 5.26. The monoisotopic (exact) mass is 164 g/mol. The van der Waals surface area contributed by atoms with Gasteiger partial charge in [-0.1, -0.05) is 0 Å². The largest absolute Gasteiger partial charge is 0.376 e. The van der Waals surface area contributed by atoms with Crippen molar-refractivity contribution >= 4 is 0 Å². The topological polar surface area (TPSA) is 48.1 Å². The van der Waals surface area contributed by atoms with Crippen molar-refractivity contribution in [3.8, 4) is 0 Å². The predicted molar refractivity (Wildman–Crippen MR) is 45.5 cm³/mol. The highest BCUT2D eigenvalue weighted by Gasteiger charge is 2.10. The zero-order chi connectivity index (χ0) is 8.39. The summed E-state index contributed by atoms with van der Waals surface area (Å²) in [4.78, 5) is 4.33. The molecule has 64 valence electrons. The summed E-state index contributed by atoms with van der Waals surface area (Å²) < 4.78 is 5.31. The normalized spacial score (nSPS) is 15.8. The molecular formula is C9H12N2O. The quantitative estimate of drug-likeness (QED) is 0.661. The first-order valence-electron chi connectivity index (χ1n) is 4.14. The van der Waals surface area contributed by atoms with Crippen molar-refractivity contribution < 1.29 is 4.74 Å². The number of pyridine rings is 1. The molecule has 3 nitrogen and oxygen atoms in total. The van der Waals surface area contributed by atoms with Crippen LogP contribution in [0, 0.1) is 0 Å². The molecule has 0 unspecified atom stereocenters. The van der Waals surface area contributed by atoms with Crippen molar-refractivity contribution in [1.29, 1.82) is 0 Å². The van der Waals surface area contributed by atoms with E-state index in [0.29, 0.717) is 13.2 Å². The van der Waals surface area contributed by atoms with Gasteiger partial charge in [0.1, 0.15) is 0 Å². The average molecular weight is 164 g/mol.